The molecule has 0 saturated heterocycles. The van der Waals surface area contributed by atoms with Crippen LogP contribution in [-0.2, 0) is 9.59 Å². The van der Waals surface area contributed by atoms with Gasteiger partial charge in [-0.15, -0.1) is 0 Å². The molecule has 128 valence electrons. The lowest BCUT2D eigenvalue weighted by Crippen LogP contribution is -2.41. The Morgan fingerprint density at radius 2 is 1.88 bits per heavy atom. The molecule has 1 aliphatic rings. The number of hydrogen-bond acceptors (Lipinski definition) is 3. The van der Waals surface area contributed by atoms with Crippen LogP contribution < -0.4 is 5.32 Å². The van der Waals surface area contributed by atoms with Crippen LogP contribution in [0.4, 0.5) is 5.69 Å². The topological polar surface area (TPSA) is 61.8 Å². The number of nitrogens with one attached hydrogen (secondary N) is 1. The summed E-state index contributed by atoms with van der Waals surface area (Å²) in [4.78, 5) is 24.6. The lowest BCUT2D eigenvalue weighted by atomic mass is 9.96. The maximum Gasteiger partial charge on any atom is 0.246 e. The second kappa shape index (κ2) is 7.61. The van der Waals surface area contributed by atoms with E-state index in [4.69, 9.17) is 0 Å². The first-order chi connectivity index (χ1) is 12.0. The SMILES string of the molecule is C[C@@H]1CC(c2ccccc2)=NN(CC(=O)Nc2ccc(Br)cc2)C1=O. The minimum absolute atomic E-state index is 0.102. The van der Waals surface area contributed by atoms with Crippen molar-refractivity contribution in [2.75, 3.05) is 11.9 Å². The van der Waals surface area contributed by atoms with E-state index in [9.17, 15) is 9.59 Å². The van der Waals surface area contributed by atoms with Gasteiger partial charge in [-0.05, 0) is 29.8 Å². The zero-order valence-electron chi connectivity index (χ0n) is 13.8. The highest BCUT2D eigenvalue weighted by molar-refractivity contribution is 9.10. The monoisotopic (exact) mass is 399 g/mol. The summed E-state index contributed by atoms with van der Waals surface area (Å²) in [6.07, 6.45) is 0.577. The Labute approximate surface area is 154 Å². The third kappa shape index (κ3) is 4.33. The Hall–Kier alpha value is -2.47. The normalized spacial score (nSPS) is 17.2. The van der Waals surface area contributed by atoms with Crippen LogP contribution in [0.2, 0.25) is 0 Å². The van der Waals surface area contributed by atoms with E-state index in [1.54, 1.807) is 12.1 Å². The maximum atomic E-state index is 12.4. The van der Waals surface area contributed by atoms with E-state index in [0.29, 0.717) is 12.1 Å². The van der Waals surface area contributed by atoms with Crippen molar-refractivity contribution in [3.8, 4) is 0 Å². The van der Waals surface area contributed by atoms with Gasteiger partial charge in [0.05, 0.1) is 5.71 Å². The van der Waals surface area contributed by atoms with Gasteiger partial charge in [-0.1, -0.05) is 53.2 Å². The molecule has 0 fully saturated rings. The van der Waals surface area contributed by atoms with Gasteiger partial charge in [-0.2, -0.15) is 5.10 Å². The van der Waals surface area contributed by atoms with Crippen LogP contribution in [0, 0.1) is 5.92 Å². The molecule has 0 aliphatic carbocycles. The molecule has 2 amide bonds. The number of hydrazone groups is 1. The van der Waals surface area contributed by atoms with E-state index in [2.05, 4.69) is 26.3 Å². The van der Waals surface area contributed by atoms with Gasteiger partial charge in [0.15, 0.2) is 0 Å². The van der Waals surface area contributed by atoms with Gasteiger partial charge in [0.25, 0.3) is 0 Å². The molecule has 1 atom stereocenters. The Morgan fingerprint density at radius 1 is 1.20 bits per heavy atom. The van der Waals surface area contributed by atoms with Crippen LogP contribution in [0.3, 0.4) is 0 Å². The lowest BCUT2D eigenvalue weighted by Gasteiger charge is -2.27. The van der Waals surface area contributed by atoms with Gasteiger partial charge in [-0.25, -0.2) is 5.01 Å². The predicted molar refractivity (Wildman–Crippen MR) is 101 cm³/mol. The zero-order chi connectivity index (χ0) is 17.8. The minimum Gasteiger partial charge on any atom is -0.324 e. The van der Waals surface area contributed by atoms with Crippen LogP contribution in [0.15, 0.2) is 64.2 Å². The molecule has 0 unspecified atom stereocenters. The van der Waals surface area contributed by atoms with Crippen molar-refractivity contribution in [3.05, 3.63) is 64.6 Å². The molecule has 25 heavy (non-hydrogen) atoms. The second-order valence-electron chi connectivity index (χ2n) is 5.97. The number of hydrogen-bond donors (Lipinski definition) is 1. The standard InChI is InChI=1S/C19H18BrN3O2/c1-13-11-17(14-5-3-2-4-6-14)22-23(19(13)25)12-18(24)21-16-9-7-15(20)8-10-16/h2-10,13H,11-12H2,1H3,(H,21,24)/t13-/m1/s1. The average molecular weight is 400 g/mol. The third-order valence-electron chi connectivity index (χ3n) is 3.95. The summed E-state index contributed by atoms with van der Waals surface area (Å²) >= 11 is 3.35. The molecule has 0 aromatic heterocycles. The van der Waals surface area contributed by atoms with Crippen LogP contribution >= 0.6 is 15.9 Å². The lowest BCUT2D eigenvalue weighted by molar-refractivity contribution is -0.138. The summed E-state index contributed by atoms with van der Waals surface area (Å²) in [6.45, 7) is 1.76. The zero-order valence-corrected chi connectivity index (χ0v) is 15.4. The molecule has 1 N–H and O–H groups in total. The van der Waals surface area contributed by atoms with Gasteiger partial charge in [0, 0.05) is 22.5 Å². The first-order valence-corrected chi connectivity index (χ1v) is 8.82. The van der Waals surface area contributed by atoms with E-state index >= 15 is 0 Å². The number of carbonyl (C=O) groups excluding carboxylic acids is 2. The molecule has 1 aliphatic heterocycles. The fourth-order valence-corrected chi connectivity index (χ4v) is 2.92. The highest BCUT2D eigenvalue weighted by atomic mass is 79.9. The quantitative estimate of drug-likeness (QED) is 0.852. The van der Waals surface area contributed by atoms with E-state index in [1.807, 2.05) is 49.4 Å². The number of amides is 2. The summed E-state index contributed by atoms with van der Waals surface area (Å²) < 4.78 is 0.933. The van der Waals surface area contributed by atoms with Crippen molar-refractivity contribution in [1.29, 1.82) is 0 Å². The number of halogens is 1. The van der Waals surface area contributed by atoms with Gasteiger partial charge < -0.3 is 5.32 Å². The number of rotatable bonds is 4. The van der Waals surface area contributed by atoms with Gasteiger partial charge in [-0.3, -0.25) is 9.59 Å². The highest BCUT2D eigenvalue weighted by Gasteiger charge is 2.29. The number of nitrogens with zero attached hydrogens (tertiary/aromatic N) is 2. The molecule has 6 heteroatoms. The molecule has 0 saturated carbocycles. The molecule has 2 aromatic carbocycles. The summed E-state index contributed by atoms with van der Waals surface area (Å²) in [5, 5.41) is 8.46. The summed E-state index contributed by atoms with van der Waals surface area (Å²) in [5.74, 6) is -0.611. The smallest absolute Gasteiger partial charge is 0.246 e. The van der Waals surface area contributed by atoms with Crippen LogP contribution in [0.25, 0.3) is 0 Å². The number of carbonyl (C=O) groups is 2. The Kier molecular flexibility index (Phi) is 5.28. The minimum atomic E-state index is -0.277. The van der Waals surface area contributed by atoms with Crippen LogP contribution in [-0.4, -0.2) is 29.1 Å². The van der Waals surface area contributed by atoms with E-state index in [0.717, 1.165) is 15.7 Å². The maximum absolute atomic E-state index is 12.4. The largest absolute Gasteiger partial charge is 0.324 e. The first-order valence-electron chi connectivity index (χ1n) is 8.02. The molecular formula is C19H18BrN3O2. The molecular weight excluding hydrogens is 382 g/mol. The molecule has 5 nitrogen and oxygen atoms in total. The molecule has 0 bridgehead atoms. The van der Waals surface area contributed by atoms with Gasteiger partial charge >= 0.3 is 0 Å². The van der Waals surface area contributed by atoms with Crippen molar-refractivity contribution in [1.82, 2.24) is 5.01 Å². The third-order valence-corrected chi connectivity index (χ3v) is 4.47. The molecule has 0 spiro atoms. The summed E-state index contributed by atoms with van der Waals surface area (Å²) in [6, 6.07) is 17.0. The highest BCUT2D eigenvalue weighted by Crippen LogP contribution is 2.20. The van der Waals surface area contributed by atoms with Crippen molar-refractivity contribution in [2.45, 2.75) is 13.3 Å². The Morgan fingerprint density at radius 3 is 2.56 bits per heavy atom. The Bertz CT molecular complexity index is 803. The fourth-order valence-electron chi connectivity index (χ4n) is 2.66. The summed E-state index contributed by atoms with van der Waals surface area (Å²) in [7, 11) is 0. The second-order valence-corrected chi connectivity index (χ2v) is 6.88. The molecule has 3 rings (SSSR count). The van der Waals surface area contributed by atoms with Crippen LogP contribution in [0.1, 0.15) is 18.9 Å². The number of benzene rings is 2. The summed E-state index contributed by atoms with van der Waals surface area (Å²) in [5.41, 5.74) is 2.47. The van der Waals surface area contributed by atoms with E-state index in [-0.39, 0.29) is 24.3 Å². The van der Waals surface area contributed by atoms with Crippen molar-refractivity contribution in [3.63, 3.8) is 0 Å². The first kappa shape index (κ1) is 17.4. The van der Waals surface area contributed by atoms with Crippen molar-refractivity contribution >= 4 is 39.1 Å². The van der Waals surface area contributed by atoms with Gasteiger partial charge in [0.2, 0.25) is 11.8 Å². The van der Waals surface area contributed by atoms with Gasteiger partial charge in [0.1, 0.15) is 6.54 Å². The van der Waals surface area contributed by atoms with E-state index < -0.39 is 0 Å². The predicted octanol–water partition coefficient (Wildman–Crippen LogP) is 3.66. The van der Waals surface area contributed by atoms with Crippen molar-refractivity contribution < 1.29 is 9.59 Å². The molecule has 0 radical (unpaired) electrons. The van der Waals surface area contributed by atoms with E-state index in [1.165, 1.54) is 5.01 Å². The van der Waals surface area contributed by atoms with Crippen molar-refractivity contribution in [2.24, 2.45) is 11.0 Å². The Balaban J connectivity index is 1.74. The number of anilines is 1. The van der Waals surface area contributed by atoms with Crippen LogP contribution in [0.5, 0.6) is 0 Å². The molecule has 2 aromatic rings. The average Bonchev–Trinajstić information content (AvgIpc) is 2.61. The molecule has 1 heterocycles. The fraction of sp³-hybridized carbons (Fsp3) is 0.211.